The first-order chi connectivity index (χ1) is 9.38. The zero-order valence-corrected chi connectivity index (χ0v) is 11.3. The zero-order chi connectivity index (χ0) is 14.9. The number of carboxylic acid groups (broad SMARTS) is 1. The monoisotopic (exact) mass is 285 g/mol. The minimum absolute atomic E-state index is 0.0170. The van der Waals surface area contributed by atoms with Crippen molar-refractivity contribution in [2.24, 2.45) is 0 Å². The topological polar surface area (TPSA) is 110 Å². The van der Waals surface area contributed by atoms with Crippen molar-refractivity contribution in [1.29, 1.82) is 0 Å². The van der Waals surface area contributed by atoms with E-state index in [-0.39, 0.29) is 31.5 Å². The third kappa shape index (κ3) is 3.38. The van der Waals surface area contributed by atoms with Crippen molar-refractivity contribution >= 4 is 17.9 Å². The highest BCUT2D eigenvalue weighted by molar-refractivity contribution is 5.87. The Morgan fingerprint density at radius 3 is 2.55 bits per heavy atom. The molecule has 8 nitrogen and oxygen atoms in total. The highest BCUT2D eigenvalue weighted by atomic mass is 16.4. The number of aliphatic hydroxyl groups is 1. The second-order valence-electron chi connectivity index (χ2n) is 5.38. The lowest BCUT2D eigenvalue weighted by Gasteiger charge is -2.27. The summed E-state index contributed by atoms with van der Waals surface area (Å²) in [6.45, 7) is -0.140. The van der Waals surface area contributed by atoms with Crippen LogP contribution in [-0.2, 0) is 9.59 Å². The molecule has 20 heavy (non-hydrogen) atoms. The molecule has 3 amide bonds. The molecule has 0 radical (unpaired) electrons. The Bertz CT molecular complexity index is 423. The molecule has 1 aliphatic carbocycles. The van der Waals surface area contributed by atoms with Gasteiger partial charge in [-0.2, -0.15) is 0 Å². The number of urea groups is 1. The molecule has 2 atom stereocenters. The minimum atomic E-state index is -1.15. The van der Waals surface area contributed by atoms with Crippen molar-refractivity contribution in [3.63, 3.8) is 0 Å². The molecule has 1 unspecified atom stereocenters. The number of aliphatic hydroxyl groups excluding tert-OH is 1. The summed E-state index contributed by atoms with van der Waals surface area (Å²) in [5, 5.41) is 21.3. The Balaban J connectivity index is 1.91. The molecule has 0 spiro atoms. The lowest BCUT2D eigenvalue weighted by Crippen LogP contribution is -2.49. The Labute approximate surface area is 116 Å². The fourth-order valence-electron chi connectivity index (χ4n) is 2.26. The molecule has 1 saturated heterocycles. The predicted octanol–water partition coefficient (Wildman–Crippen LogP) is -1.16. The second-order valence-corrected chi connectivity index (χ2v) is 5.38. The van der Waals surface area contributed by atoms with Crippen LogP contribution in [0.1, 0.15) is 19.3 Å². The number of aliphatic carboxylic acids is 1. The SMILES string of the molecule is CN(CC(=O)NC1CC1)C(=O)N1CC(O)C[C@H]1C(=O)O. The summed E-state index contributed by atoms with van der Waals surface area (Å²) >= 11 is 0. The molecule has 2 fully saturated rings. The molecule has 2 aliphatic rings. The number of hydrogen-bond acceptors (Lipinski definition) is 4. The highest BCUT2D eigenvalue weighted by Gasteiger charge is 2.40. The average molecular weight is 285 g/mol. The van der Waals surface area contributed by atoms with E-state index in [1.807, 2.05) is 0 Å². The van der Waals surface area contributed by atoms with E-state index in [1.165, 1.54) is 11.9 Å². The Hall–Kier alpha value is -1.83. The molecule has 2 rings (SSSR count). The van der Waals surface area contributed by atoms with Crippen LogP contribution in [0.2, 0.25) is 0 Å². The van der Waals surface area contributed by atoms with Crippen molar-refractivity contribution in [1.82, 2.24) is 15.1 Å². The fourth-order valence-corrected chi connectivity index (χ4v) is 2.26. The van der Waals surface area contributed by atoms with E-state index in [9.17, 15) is 19.5 Å². The molecular weight excluding hydrogens is 266 g/mol. The molecular formula is C12H19N3O5. The van der Waals surface area contributed by atoms with Gasteiger partial charge < -0.3 is 25.3 Å². The van der Waals surface area contributed by atoms with Gasteiger partial charge in [-0.25, -0.2) is 9.59 Å². The van der Waals surface area contributed by atoms with Gasteiger partial charge in [0.05, 0.1) is 6.10 Å². The Morgan fingerprint density at radius 1 is 1.35 bits per heavy atom. The van der Waals surface area contributed by atoms with Gasteiger partial charge in [-0.3, -0.25) is 4.79 Å². The van der Waals surface area contributed by atoms with Crippen LogP contribution in [0.25, 0.3) is 0 Å². The van der Waals surface area contributed by atoms with Gasteiger partial charge in [0.2, 0.25) is 5.91 Å². The number of carboxylic acids is 1. The van der Waals surface area contributed by atoms with Crippen LogP contribution in [0.3, 0.4) is 0 Å². The second kappa shape index (κ2) is 5.66. The van der Waals surface area contributed by atoms with E-state index < -0.39 is 24.1 Å². The van der Waals surface area contributed by atoms with Gasteiger partial charge in [-0.1, -0.05) is 0 Å². The normalized spacial score (nSPS) is 25.4. The van der Waals surface area contributed by atoms with Gasteiger partial charge in [0.25, 0.3) is 0 Å². The maximum Gasteiger partial charge on any atom is 0.326 e. The van der Waals surface area contributed by atoms with Crippen molar-refractivity contribution in [3.8, 4) is 0 Å². The van der Waals surface area contributed by atoms with Gasteiger partial charge in [0, 0.05) is 26.1 Å². The van der Waals surface area contributed by atoms with Crippen LogP contribution >= 0.6 is 0 Å². The summed E-state index contributed by atoms with van der Waals surface area (Å²) in [6.07, 6.45) is 1.10. The number of nitrogens with zero attached hydrogens (tertiary/aromatic N) is 2. The predicted molar refractivity (Wildman–Crippen MR) is 67.9 cm³/mol. The van der Waals surface area contributed by atoms with Crippen LogP contribution < -0.4 is 5.32 Å². The van der Waals surface area contributed by atoms with Crippen LogP contribution in [0.15, 0.2) is 0 Å². The number of likely N-dealkylation sites (N-methyl/N-ethyl adjacent to an activating group) is 1. The van der Waals surface area contributed by atoms with Crippen LogP contribution in [0, 0.1) is 0 Å². The number of hydrogen-bond donors (Lipinski definition) is 3. The Kier molecular flexibility index (Phi) is 4.12. The zero-order valence-electron chi connectivity index (χ0n) is 11.3. The largest absolute Gasteiger partial charge is 0.480 e. The number of β-amino-alcohol motifs (C(OH)–C–C–N with tert-alkyl or cyclic N) is 1. The molecule has 8 heteroatoms. The molecule has 3 N–H and O–H groups in total. The van der Waals surface area contributed by atoms with Gasteiger partial charge in [0.1, 0.15) is 12.6 Å². The van der Waals surface area contributed by atoms with Crippen molar-refractivity contribution in [2.75, 3.05) is 20.1 Å². The highest BCUT2D eigenvalue weighted by Crippen LogP contribution is 2.20. The summed E-state index contributed by atoms with van der Waals surface area (Å²) in [7, 11) is 1.44. The quantitative estimate of drug-likeness (QED) is 0.603. The summed E-state index contributed by atoms with van der Waals surface area (Å²) in [6, 6.07) is -1.38. The first-order valence-electron chi connectivity index (χ1n) is 6.60. The summed E-state index contributed by atoms with van der Waals surface area (Å²) in [4.78, 5) is 37.1. The first kappa shape index (κ1) is 14.6. The van der Waals surface area contributed by atoms with Gasteiger partial charge in [0.15, 0.2) is 0 Å². The third-order valence-electron chi connectivity index (χ3n) is 3.46. The van der Waals surface area contributed by atoms with E-state index in [0.29, 0.717) is 0 Å². The van der Waals surface area contributed by atoms with E-state index >= 15 is 0 Å². The molecule has 112 valence electrons. The van der Waals surface area contributed by atoms with Gasteiger partial charge >= 0.3 is 12.0 Å². The van der Waals surface area contributed by atoms with Crippen molar-refractivity contribution in [3.05, 3.63) is 0 Å². The number of likely N-dealkylation sites (tertiary alicyclic amines) is 1. The summed E-state index contributed by atoms with van der Waals surface area (Å²) in [5.74, 6) is -1.40. The van der Waals surface area contributed by atoms with Crippen molar-refractivity contribution < 1.29 is 24.6 Å². The molecule has 0 aromatic rings. The molecule has 1 saturated carbocycles. The molecule has 0 bridgehead atoms. The molecule has 1 heterocycles. The number of carbonyl (C=O) groups excluding carboxylic acids is 2. The van der Waals surface area contributed by atoms with Crippen LogP contribution in [-0.4, -0.2) is 76.2 Å². The molecule has 0 aromatic heterocycles. The van der Waals surface area contributed by atoms with E-state index in [1.54, 1.807) is 0 Å². The standard InChI is InChI=1S/C12H19N3O5/c1-14(6-10(17)13-7-2-3-7)12(20)15-5-8(16)4-9(15)11(18)19/h7-9,16H,2-6H2,1H3,(H,13,17)(H,18,19)/t8?,9-/m0/s1. The van der Waals surface area contributed by atoms with E-state index in [2.05, 4.69) is 5.32 Å². The fraction of sp³-hybridized carbons (Fsp3) is 0.750. The smallest absolute Gasteiger partial charge is 0.326 e. The van der Waals surface area contributed by atoms with Gasteiger partial charge in [-0.05, 0) is 12.8 Å². The summed E-state index contributed by atoms with van der Waals surface area (Å²) in [5.41, 5.74) is 0. The maximum absolute atomic E-state index is 12.1. The number of amides is 3. The third-order valence-corrected chi connectivity index (χ3v) is 3.46. The number of carbonyl (C=O) groups is 3. The van der Waals surface area contributed by atoms with E-state index in [4.69, 9.17) is 5.11 Å². The number of nitrogens with one attached hydrogen (secondary N) is 1. The lowest BCUT2D eigenvalue weighted by molar-refractivity contribution is -0.141. The van der Waals surface area contributed by atoms with Crippen molar-refractivity contribution in [2.45, 2.75) is 37.5 Å². The first-order valence-corrected chi connectivity index (χ1v) is 6.60. The average Bonchev–Trinajstić information content (AvgIpc) is 3.07. The van der Waals surface area contributed by atoms with Crippen LogP contribution in [0.4, 0.5) is 4.79 Å². The summed E-state index contributed by atoms with van der Waals surface area (Å²) < 4.78 is 0. The molecule has 0 aromatic carbocycles. The Morgan fingerprint density at radius 2 is 2.00 bits per heavy atom. The molecule has 1 aliphatic heterocycles. The van der Waals surface area contributed by atoms with E-state index in [0.717, 1.165) is 17.7 Å². The van der Waals surface area contributed by atoms with Gasteiger partial charge in [-0.15, -0.1) is 0 Å². The van der Waals surface area contributed by atoms with Crippen LogP contribution in [0.5, 0.6) is 0 Å². The minimum Gasteiger partial charge on any atom is -0.480 e. The maximum atomic E-state index is 12.1. The lowest BCUT2D eigenvalue weighted by atomic mass is 10.2. The number of rotatable bonds is 4.